The second-order valence-electron chi connectivity index (χ2n) is 3.37. The molecule has 1 aromatic carbocycles. The molecule has 3 nitrogen and oxygen atoms in total. The van der Waals surface area contributed by atoms with Crippen molar-refractivity contribution in [3.8, 4) is 5.75 Å². The number of oxime groups is 1. The van der Waals surface area contributed by atoms with Crippen LogP contribution < -0.4 is 4.74 Å². The summed E-state index contributed by atoms with van der Waals surface area (Å²) in [4.78, 5) is 4.84. The quantitative estimate of drug-likeness (QED) is 0.429. The first-order valence-corrected chi connectivity index (χ1v) is 12.1. The lowest BCUT2D eigenvalue weighted by Crippen LogP contribution is -2.26. The topological polar surface area (TPSA) is 30.8 Å². The fourth-order valence-corrected chi connectivity index (χ4v) is 1.60. The zero-order chi connectivity index (χ0) is 14.0. The number of benzene rings is 1. The van der Waals surface area contributed by atoms with Gasteiger partial charge in [-0.05, 0) is 12.1 Å². The van der Waals surface area contributed by atoms with Crippen LogP contribution in [0.3, 0.4) is 0 Å². The van der Waals surface area contributed by atoms with Gasteiger partial charge in [0.1, 0.15) is 12.9 Å². The number of fused-ring (bicyclic) bond motifs is 1. The van der Waals surface area contributed by atoms with Gasteiger partial charge in [-0.3, -0.25) is 0 Å². The lowest BCUT2D eigenvalue weighted by atomic mass is 9.96. The van der Waals surface area contributed by atoms with Crippen molar-refractivity contribution in [1.29, 1.82) is 0 Å². The summed E-state index contributed by atoms with van der Waals surface area (Å²) >= 11 is 4.24. The summed E-state index contributed by atoms with van der Waals surface area (Å²) < 4.78 is 5.58. The molecule has 102 valence electrons. The van der Waals surface area contributed by atoms with Crippen LogP contribution in [-0.2, 0) is 4.84 Å². The zero-order valence-electron chi connectivity index (χ0n) is 11.1. The van der Waals surface area contributed by atoms with Crippen molar-refractivity contribution in [2.45, 2.75) is 20.8 Å². The highest BCUT2D eigenvalue weighted by Crippen LogP contribution is 2.27. The maximum absolute atomic E-state index is 5.58. The van der Waals surface area contributed by atoms with E-state index in [0.29, 0.717) is 6.61 Å². The Labute approximate surface area is 133 Å². The Kier molecular flexibility index (Phi) is 10.8. The van der Waals surface area contributed by atoms with Crippen molar-refractivity contribution >= 4 is 42.9 Å². The highest BCUT2D eigenvalue weighted by Gasteiger charge is 2.23. The summed E-state index contributed by atoms with van der Waals surface area (Å²) in [7, 11) is 1.57. The second-order valence-corrected chi connectivity index (χ2v) is 3.37. The third-order valence-electron chi connectivity index (χ3n) is 2.31. The van der Waals surface area contributed by atoms with Crippen LogP contribution in [0.4, 0.5) is 0 Å². The first-order valence-electron chi connectivity index (χ1n) is 5.80. The van der Waals surface area contributed by atoms with Gasteiger partial charge < -0.3 is 9.57 Å². The van der Waals surface area contributed by atoms with Gasteiger partial charge in [0.05, 0.1) is 12.3 Å². The molecule has 1 aliphatic heterocycles. The van der Waals surface area contributed by atoms with Gasteiger partial charge in [0.2, 0.25) is 0 Å². The average molecular weight is 475 g/mol. The van der Waals surface area contributed by atoms with E-state index in [1.807, 2.05) is 38.1 Å². The van der Waals surface area contributed by atoms with E-state index in [4.69, 9.17) is 9.57 Å². The van der Waals surface area contributed by atoms with Gasteiger partial charge in [0.15, 0.2) is 0 Å². The summed E-state index contributed by atoms with van der Waals surface area (Å²) in [5.41, 5.74) is 2.00. The van der Waals surface area contributed by atoms with Crippen LogP contribution in [0.5, 0.6) is 5.75 Å². The van der Waals surface area contributed by atoms with Crippen LogP contribution in [0.2, 0.25) is 0 Å². The predicted molar refractivity (Wildman–Crippen MR) is 94.0 cm³/mol. The number of ether oxygens (including phenoxy) is 1. The van der Waals surface area contributed by atoms with E-state index in [9.17, 15) is 0 Å². The molecule has 0 spiro atoms. The predicted octanol–water partition coefficient (Wildman–Crippen LogP) is 4.86. The molecule has 18 heavy (non-hydrogen) atoms. The Bertz CT molecular complexity index is 370. The molecule has 1 heterocycles. The molecule has 0 aliphatic carbocycles. The Hall–Kier alpha value is -0.0500. The van der Waals surface area contributed by atoms with Crippen LogP contribution >= 0.6 is 37.2 Å². The fourth-order valence-electron chi connectivity index (χ4n) is 1.60. The van der Waals surface area contributed by atoms with Crippen molar-refractivity contribution in [3.63, 3.8) is 0 Å². The molecule has 0 saturated carbocycles. The van der Waals surface area contributed by atoms with E-state index >= 15 is 0 Å². The summed E-state index contributed by atoms with van der Waals surface area (Å²) in [5, 5.41) is 4.04. The van der Waals surface area contributed by atoms with Gasteiger partial charge in [-0.15, -0.1) is 0 Å². The molecular weight excluding hydrogens is 456 g/mol. The third-order valence-corrected chi connectivity index (χ3v) is 2.31. The van der Waals surface area contributed by atoms with Gasteiger partial charge in [-0.1, -0.05) is 38.1 Å². The molecule has 1 aliphatic rings. The molecule has 0 amide bonds. The minimum absolute atomic E-state index is 0.282. The van der Waals surface area contributed by atoms with Gasteiger partial charge in [-0.25, -0.2) is 0 Å². The lowest BCUT2D eigenvalue weighted by molar-refractivity contribution is 0.206. The highest BCUT2D eigenvalue weighted by molar-refractivity contribution is 15.0. The van der Waals surface area contributed by atoms with Crippen molar-refractivity contribution in [1.82, 2.24) is 0 Å². The summed E-state index contributed by atoms with van der Waals surface area (Å²) in [5.74, 6) is 1.17. The van der Waals surface area contributed by atoms with Crippen molar-refractivity contribution < 1.29 is 9.57 Å². The van der Waals surface area contributed by atoms with E-state index in [1.54, 1.807) is 7.11 Å². The monoisotopic (exact) mass is 475 g/mol. The van der Waals surface area contributed by atoms with Crippen LogP contribution in [-0.4, -0.2) is 19.4 Å². The van der Waals surface area contributed by atoms with Crippen molar-refractivity contribution in [3.05, 3.63) is 29.8 Å². The first kappa shape index (κ1) is 17.9. The van der Waals surface area contributed by atoms with E-state index in [0.717, 1.165) is 17.0 Å². The van der Waals surface area contributed by atoms with Gasteiger partial charge >= 0.3 is 0 Å². The molecule has 1 aromatic rings. The van der Waals surface area contributed by atoms with Crippen LogP contribution in [0.1, 0.15) is 26.3 Å². The van der Waals surface area contributed by atoms with Crippen LogP contribution in [0.25, 0.3) is 0 Å². The lowest BCUT2D eigenvalue weighted by Gasteiger charge is -2.23. The SMILES string of the molecule is CC.CON=C1c2ccccc2OCC1C.II. The van der Waals surface area contributed by atoms with Crippen LogP contribution in [0, 0.1) is 5.92 Å². The first-order chi connectivity index (χ1) is 8.83. The number of hydrogen-bond acceptors (Lipinski definition) is 3. The number of nitrogens with zero attached hydrogens (tertiary/aromatic N) is 1. The maximum atomic E-state index is 5.58. The minimum Gasteiger partial charge on any atom is -0.492 e. The summed E-state index contributed by atoms with van der Waals surface area (Å²) in [6.07, 6.45) is 0. The fraction of sp³-hybridized carbons (Fsp3) is 0.462. The number of hydrogen-bond donors (Lipinski definition) is 0. The molecule has 1 atom stereocenters. The maximum Gasteiger partial charge on any atom is 0.128 e. The number of para-hydroxylation sites is 1. The largest absolute Gasteiger partial charge is 0.492 e. The molecule has 5 heteroatoms. The highest BCUT2D eigenvalue weighted by atomic mass is 128. The Morgan fingerprint density at radius 2 is 1.89 bits per heavy atom. The number of halogens is 2. The molecule has 0 N–H and O–H groups in total. The van der Waals surface area contributed by atoms with Crippen molar-refractivity contribution in [2.75, 3.05) is 13.7 Å². The Morgan fingerprint density at radius 1 is 1.28 bits per heavy atom. The number of rotatable bonds is 1. The van der Waals surface area contributed by atoms with Crippen LogP contribution in [0.15, 0.2) is 29.4 Å². The smallest absolute Gasteiger partial charge is 0.128 e. The van der Waals surface area contributed by atoms with Gasteiger partial charge in [0.25, 0.3) is 0 Å². The zero-order valence-corrected chi connectivity index (χ0v) is 15.4. The van der Waals surface area contributed by atoms with E-state index in [-0.39, 0.29) is 5.92 Å². The Morgan fingerprint density at radius 3 is 2.50 bits per heavy atom. The molecule has 0 saturated heterocycles. The molecule has 0 radical (unpaired) electrons. The molecule has 2 rings (SSSR count). The standard InChI is InChI=1S/C11H13NO2.C2H6.I2/c1-8-7-14-10-6-4-3-5-9(10)11(8)12-13-2;2*1-2/h3-6,8H,7H2,1-2H3;1-2H3;. The second kappa shape index (κ2) is 10.8. The van der Waals surface area contributed by atoms with E-state index in [2.05, 4.69) is 49.3 Å². The normalized spacial score (nSPS) is 18.3. The van der Waals surface area contributed by atoms with Gasteiger partial charge in [0, 0.05) is 48.7 Å². The molecule has 0 bridgehead atoms. The molecular formula is C13H19I2NO2. The van der Waals surface area contributed by atoms with Gasteiger partial charge in [-0.2, -0.15) is 0 Å². The average Bonchev–Trinajstić information content (AvgIpc) is 2.46. The molecule has 0 aromatic heterocycles. The van der Waals surface area contributed by atoms with E-state index < -0.39 is 0 Å². The minimum atomic E-state index is 0.282. The molecule has 0 fully saturated rings. The molecule has 1 unspecified atom stereocenters. The van der Waals surface area contributed by atoms with Crippen molar-refractivity contribution in [2.24, 2.45) is 11.1 Å². The Balaban J connectivity index is 0.000000659. The van der Waals surface area contributed by atoms with E-state index in [1.165, 1.54) is 0 Å². The third kappa shape index (κ3) is 4.91. The summed E-state index contributed by atoms with van der Waals surface area (Å²) in [6, 6.07) is 7.89. The summed E-state index contributed by atoms with van der Waals surface area (Å²) in [6.45, 7) is 6.74.